The average molecular weight is 1150 g/mol. The number of likely N-dealkylation sites (N-methyl/N-ethyl adjacent to an activating group) is 1. The van der Waals surface area contributed by atoms with E-state index in [1.54, 1.807) is 149 Å². The van der Waals surface area contributed by atoms with Crippen LogP contribution in [0.5, 0.6) is 0 Å². The number of thioether (sulfide) groups is 1. The number of hydrogen-bond acceptors (Lipinski definition) is 17. The Bertz CT molecular complexity index is 3190. The van der Waals surface area contributed by atoms with Crippen LogP contribution in [0.4, 0.5) is 15.3 Å². The summed E-state index contributed by atoms with van der Waals surface area (Å²) in [4.78, 5) is 140. The standard InChI is InChI=1S/C60H61N7O15S/c1-6-64-31-32-65(53(72)52(64)71)58(76)63-45(50(69)62-46-51(70)66-47(42(33-78-36(2)68)35-83-54(46)66)57(75)81-49(40-23-15-9-16-24-40)41-25-17-10-18-26-41)37-27-29-43(30-28-37)67(61)59(77)79-34-44(56(74)82-60(3,4)5)55(73)80-48(38-19-11-7-12-20-38)39-21-13-8-14-22-39/h7-30,44-46,48-49,54H,6,31-35,61H2,1-5H3,(H,62,69)(H,63,76)/t44-,45-,46-,54-/m1/s1. The molecule has 5 aromatic carbocycles. The van der Waals surface area contributed by atoms with Gasteiger partial charge in [-0.25, -0.2) is 25.2 Å². The number of β-lactam (4-membered cyclic amide) rings is 1. The second-order valence-corrected chi connectivity index (χ2v) is 21.3. The van der Waals surface area contributed by atoms with Crippen LogP contribution in [0.1, 0.15) is 80.7 Å². The zero-order chi connectivity index (χ0) is 59.5. The molecular formula is C60H61N7O15S. The fraction of sp³-hybridized carbons (Fsp3) is 0.300. The number of anilines is 1. The quantitative estimate of drug-likeness (QED) is 0.0129. The molecule has 83 heavy (non-hydrogen) atoms. The number of benzene rings is 5. The van der Waals surface area contributed by atoms with E-state index in [0.717, 1.165) is 16.7 Å². The number of nitrogens with zero attached hydrogens (tertiary/aromatic N) is 4. The van der Waals surface area contributed by atoms with Crippen molar-refractivity contribution in [3.05, 3.63) is 185 Å². The molecule has 3 aliphatic rings. The molecule has 0 radical (unpaired) electrons. The Morgan fingerprint density at radius 1 is 0.687 bits per heavy atom. The van der Waals surface area contributed by atoms with E-state index < -0.39 is 107 Å². The fourth-order valence-corrected chi connectivity index (χ4v) is 10.5. The van der Waals surface area contributed by atoms with Gasteiger partial charge in [-0.15, -0.1) is 11.8 Å². The first-order valence-corrected chi connectivity index (χ1v) is 27.5. The summed E-state index contributed by atoms with van der Waals surface area (Å²) in [5, 5.41) is 4.84. The molecule has 4 N–H and O–H groups in total. The van der Waals surface area contributed by atoms with Gasteiger partial charge in [0, 0.05) is 37.9 Å². The molecule has 8 rings (SSSR count). The topological polar surface area (TPSA) is 280 Å². The van der Waals surface area contributed by atoms with E-state index in [-0.39, 0.29) is 54.5 Å². The molecule has 5 aromatic rings. The van der Waals surface area contributed by atoms with E-state index in [2.05, 4.69) is 10.6 Å². The zero-order valence-corrected chi connectivity index (χ0v) is 46.8. The van der Waals surface area contributed by atoms with E-state index in [0.29, 0.717) is 32.2 Å². The van der Waals surface area contributed by atoms with Crippen LogP contribution >= 0.6 is 11.8 Å². The van der Waals surface area contributed by atoms with E-state index in [9.17, 15) is 47.9 Å². The molecule has 0 spiro atoms. The third-order valence-corrected chi connectivity index (χ3v) is 14.7. The van der Waals surface area contributed by atoms with Crippen LogP contribution in [0.2, 0.25) is 0 Å². The molecule has 432 valence electrons. The number of piperazine rings is 1. The van der Waals surface area contributed by atoms with Crippen LogP contribution in [0.15, 0.2) is 157 Å². The number of carbonyl (C=O) groups is 10. The number of hydrogen-bond donors (Lipinski definition) is 3. The molecular weight excluding hydrogens is 1090 g/mol. The van der Waals surface area contributed by atoms with Crippen LogP contribution in [-0.4, -0.2) is 130 Å². The Balaban J connectivity index is 1.01. The highest BCUT2D eigenvalue weighted by molar-refractivity contribution is 8.00. The van der Waals surface area contributed by atoms with Crippen molar-refractivity contribution in [1.29, 1.82) is 0 Å². The van der Waals surface area contributed by atoms with Crippen molar-refractivity contribution in [2.24, 2.45) is 11.8 Å². The van der Waals surface area contributed by atoms with E-state index in [1.807, 2.05) is 0 Å². The summed E-state index contributed by atoms with van der Waals surface area (Å²) in [6, 6.07) is 36.5. The van der Waals surface area contributed by atoms with Gasteiger partial charge in [-0.3, -0.25) is 43.4 Å². The summed E-state index contributed by atoms with van der Waals surface area (Å²) in [6.45, 7) is 6.46. The number of nitrogens with two attached hydrogens (primary N) is 1. The van der Waals surface area contributed by atoms with Crippen molar-refractivity contribution in [2.75, 3.05) is 43.6 Å². The highest BCUT2D eigenvalue weighted by Gasteiger charge is 2.55. The molecule has 3 heterocycles. The van der Waals surface area contributed by atoms with Gasteiger partial charge in [0.1, 0.15) is 42.0 Å². The number of nitrogens with one attached hydrogen (secondary N) is 2. The predicted octanol–water partition coefficient (Wildman–Crippen LogP) is 5.79. The van der Waals surface area contributed by atoms with Crippen molar-refractivity contribution >= 4 is 77.1 Å². The molecule has 4 atom stereocenters. The minimum Gasteiger partial charge on any atom is -0.461 e. The molecule has 2 fully saturated rings. The van der Waals surface area contributed by atoms with Gasteiger partial charge in [0.25, 0.3) is 5.91 Å². The molecule has 0 unspecified atom stereocenters. The van der Waals surface area contributed by atoms with Gasteiger partial charge in [-0.05, 0) is 67.6 Å². The molecule has 2 saturated heterocycles. The van der Waals surface area contributed by atoms with Crippen LogP contribution in [-0.2, 0) is 62.0 Å². The first-order valence-electron chi connectivity index (χ1n) is 26.4. The highest BCUT2D eigenvalue weighted by Crippen LogP contribution is 2.42. The first kappa shape index (κ1) is 59.8. The summed E-state index contributed by atoms with van der Waals surface area (Å²) in [7, 11) is 0. The summed E-state index contributed by atoms with van der Waals surface area (Å²) in [5.41, 5.74) is 1.49. The normalized spacial score (nSPS) is 16.7. The number of hydrazine groups is 1. The summed E-state index contributed by atoms with van der Waals surface area (Å²) >= 11 is 1.16. The summed E-state index contributed by atoms with van der Waals surface area (Å²) in [6.07, 6.45) is -3.11. The minimum absolute atomic E-state index is 0.0184. The number of esters is 4. The lowest BCUT2D eigenvalue weighted by atomic mass is 10.00. The summed E-state index contributed by atoms with van der Waals surface area (Å²) < 4.78 is 28.4. The maximum absolute atomic E-state index is 14.6. The number of urea groups is 1. The minimum atomic E-state index is -1.77. The number of ether oxygens (including phenoxy) is 5. The van der Waals surface area contributed by atoms with Gasteiger partial charge in [-0.2, -0.15) is 0 Å². The second kappa shape index (κ2) is 26.5. The molecule has 0 saturated carbocycles. The van der Waals surface area contributed by atoms with Gasteiger partial charge in [0.15, 0.2) is 18.1 Å². The molecule has 0 aliphatic carbocycles. The van der Waals surface area contributed by atoms with Gasteiger partial charge in [-0.1, -0.05) is 133 Å². The summed E-state index contributed by atoms with van der Waals surface area (Å²) in [5.74, 6) is -2.88. The largest absolute Gasteiger partial charge is 0.461 e. The van der Waals surface area contributed by atoms with Crippen LogP contribution in [0.3, 0.4) is 0 Å². The van der Waals surface area contributed by atoms with Gasteiger partial charge in [0.2, 0.25) is 5.91 Å². The number of rotatable bonds is 19. The Kier molecular flexibility index (Phi) is 19.1. The maximum Gasteiger partial charge on any atom is 0.428 e. The maximum atomic E-state index is 14.6. The third-order valence-electron chi connectivity index (χ3n) is 13.4. The van der Waals surface area contributed by atoms with Crippen molar-refractivity contribution < 1.29 is 71.6 Å². The first-order chi connectivity index (χ1) is 39.7. The lowest BCUT2D eigenvalue weighted by Gasteiger charge is -2.50. The van der Waals surface area contributed by atoms with E-state index >= 15 is 0 Å². The fourth-order valence-electron chi connectivity index (χ4n) is 9.17. The van der Waals surface area contributed by atoms with Crippen LogP contribution in [0.25, 0.3) is 0 Å². The van der Waals surface area contributed by atoms with Gasteiger partial charge < -0.3 is 39.2 Å². The number of carbonyl (C=O) groups excluding carboxylic acids is 10. The number of imide groups is 1. The van der Waals surface area contributed by atoms with Crippen LogP contribution < -0.4 is 21.5 Å². The lowest BCUT2D eigenvalue weighted by Crippen LogP contribution is -2.71. The Morgan fingerprint density at radius 2 is 1.22 bits per heavy atom. The average Bonchev–Trinajstić information content (AvgIpc) is 1.71. The second-order valence-electron chi connectivity index (χ2n) is 20.2. The van der Waals surface area contributed by atoms with Gasteiger partial charge >= 0.3 is 47.8 Å². The molecule has 22 nitrogen and oxygen atoms in total. The van der Waals surface area contributed by atoms with Crippen molar-refractivity contribution in [3.8, 4) is 0 Å². The van der Waals surface area contributed by atoms with Gasteiger partial charge in [0.05, 0.1) is 5.69 Å². The Morgan fingerprint density at radius 3 is 1.72 bits per heavy atom. The Labute approximate surface area is 482 Å². The Hall–Kier alpha value is -9.35. The van der Waals surface area contributed by atoms with Crippen molar-refractivity contribution in [3.63, 3.8) is 0 Å². The monoisotopic (exact) mass is 1150 g/mol. The highest BCUT2D eigenvalue weighted by atomic mass is 32.2. The van der Waals surface area contributed by atoms with Crippen LogP contribution in [0, 0.1) is 5.92 Å². The molecule has 23 heteroatoms. The van der Waals surface area contributed by atoms with Crippen molar-refractivity contribution in [2.45, 2.75) is 69.9 Å². The zero-order valence-electron chi connectivity index (χ0n) is 46.0. The number of amides is 7. The van der Waals surface area contributed by atoms with E-state index in [4.69, 9.17) is 29.5 Å². The predicted molar refractivity (Wildman–Crippen MR) is 299 cm³/mol. The molecule has 0 aromatic heterocycles. The SMILES string of the molecule is CCN1CCN(C(=O)N[C@@H](C(=O)N[C@@H]2C(=O)N3C(C(=O)OC(c4ccccc4)c4ccccc4)=C(COC(C)=O)CS[C@H]23)c2ccc(N(N)C(=O)OC[C@H](C(=O)OC(c3ccccc3)c3ccccc3)C(=O)OC(C)(C)C)cc2)C(=O)C1=O. The smallest absolute Gasteiger partial charge is 0.428 e. The molecule has 0 bridgehead atoms. The molecule has 3 aliphatic heterocycles. The third kappa shape index (κ3) is 14.2. The molecule has 7 amide bonds. The van der Waals surface area contributed by atoms with Crippen molar-refractivity contribution in [1.82, 2.24) is 25.3 Å². The number of fused-ring (bicyclic) bond motifs is 1. The lowest BCUT2D eigenvalue weighted by molar-refractivity contribution is -0.172. The van der Waals surface area contributed by atoms with E-state index in [1.165, 1.54) is 36.1 Å².